The Kier molecular flexibility index (Phi) is 4.03. The topological polar surface area (TPSA) is 27.1 Å². The van der Waals surface area contributed by atoms with E-state index in [-0.39, 0.29) is 0 Å². The lowest BCUT2D eigenvalue weighted by atomic mass is 10.3. The monoisotopic (exact) mass is 380 g/mol. The van der Waals surface area contributed by atoms with E-state index in [2.05, 4.69) is 11.1 Å². The van der Waals surface area contributed by atoms with Gasteiger partial charge in [-0.25, -0.2) is 4.98 Å². The molecule has 0 atom stereocenters. The van der Waals surface area contributed by atoms with Gasteiger partial charge in [0.15, 0.2) is 0 Å². The van der Waals surface area contributed by atoms with Gasteiger partial charge in [-0.3, -0.25) is 4.57 Å². The zero-order chi connectivity index (χ0) is 15.8. The SMILES string of the molecule is Clc1cc2ncn(-c3cc(OCc4cccs4)cs3)c2cc1Cl. The van der Waals surface area contributed by atoms with Gasteiger partial charge < -0.3 is 4.74 Å². The molecule has 4 rings (SSSR count). The van der Waals surface area contributed by atoms with Crippen LogP contribution in [0.4, 0.5) is 0 Å². The number of nitrogens with zero attached hydrogens (tertiary/aromatic N) is 2. The molecule has 3 nitrogen and oxygen atoms in total. The highest BCUT2D eigenvalue weighted by Gasteiger charge is 2.10. The summed E-state index contributed by atoms with van der Waals surface area (Å²) in [6.07, 6.45) is 1.77. The minimum Gasteiger partial charge on any atom is -0.487 e. The lowest BCUT2D eigenvalue weighted by Gasteiger charge is -2.02. The van der Waals surface area contributed by atoms with Gasteiger partial charge in [0.1, 0.15) is 23.7 Å². The molecule has 0 aliphatic heterocycles. The molecule has 0 radical (unpaired) electrons. The van der Waals surface area contributed by atoms with Crippen molar-refractivity contribution in [2.45, 2.75) is 6.61 Å². The third-order valence-electron chi connectivity index (χ3n) is 3.35. The van der Waals surface area contributed by atoms with E-state index in [1.165, 1.54) is 4.88 Å². The van der Waals surface area contributed by atoms with Crippen LogP contribution in [0.2, 0.25) is 10.0 Å². The van der Waals surface area contributed by atoms with Crippen LogP contribution in [0.25, 0.3) is 16.0 Å². The molecule has 0 fully saturated rings. The van der Waals surface area contributed by atoms with Crippen LogP contribution in [0.3, 0.4) is 0 Å². The largest absolute Gasteiger partial charge is 0.487 e. The lowest BCUT2D eigenvalue weighted by Crippen LogP contribution is -1.91. The van der Waals surface area contributed by atoms with E-state index in [1.807, 2.05) is 33.5 Å². The molecule has 0 unspecified atom stereocenters. The number of thiophene rings is 2. The molecule has 7 heteroatoms. The standard InChI is InChI=1S/C16H10Cl2N2OS2/c17-12-5-14-15(6-13(12)18)20(9-19-14)16-4-10(8-23-16)21-7-11-2-1-3-22-11/h1-6,8-9H,7H2. The number of hydrogen-bond donors (Lipinski definition) is 0. The molecule has 23 heavy (non-hydrogen) atoms. The number of aromatic nitrogens is 2. The molecule has 3 aromatic heterocycles. The third kappa shape index (κ3) is 2.97. The number of halogens is 2. The molecule has 0 amide bonds. The number of hydrogen-bond acceptors (Lipinski definition) is 4. The summed E-state index contributed by atoms with van der Waals surface area (Å²) in [4.78, 5) is 5.58. The van der Waals surface area contributed by atoms with Crippen LogP contribution in [-0.4, -0.2) is 9.55 Å². The highest BCUT2D eigenvalue weighted by atomic mass is 35.5. The smallest absolute Gasteiger partial charge is 0.132 e. The summed E-state index contributed by atoms with van der Waals surface area (Å²) in [5.41, 5.74) is 1.74. The molecule has 0 bridgehead atoms. The molecular formula is C16H10Cl2N2OS2. The Hall–Kier alpha value is -1.53. The van der Waals surface area contributed by atoms with Crippen LogP contribution in [-0.2, 0) is 6.61 Å². The first-order chi connectivity index (χ1) is 11.2. The van der Waals surface area contributed by atoms with Crippen molar-refractivity contribution in [3.8, 4) is 10.8 Å². The average Bonchev–Trinajstić information content (AvgIpc) is 3.25. The predicted molar refractivity (Wildman–Crippen MR) is 97.6 cm³/mol. The minimum atomic E-state index is 0.510. The second-order valence-electron chi connectivity index (χ2n) is 4.86. The van der Waals surface area contributed by atoms with E-state index in [4.69, 9.17) is 27.9 Å². The van der Waals surface area contributed by atoms with E-state index in [0.29, 0.717) is 16.7 Å². The van der Waals surface area contributed by atoms with Gasteiger partial charge in [-0.2, -0.15) is 0 Å². The van der Waals surface area contributed by atoms with E-state index in [1.54, 1.807) is 35.1 Å². The van der Waals surface area contributed by atoms with E-state index >= 15 is 0 Å². The molecule has 0 aliphatic rings. The van der Waals surface area contributed by atoms with Crippen LogP contribution in [0.15, 0.2) is 47.4 Å². The maximum absolute atomic E-state index is 6.12. The Morgan fingerprint density at radius 2 is 2.00 bits per heavy atom. The van der Waals surface area contributed by atoms with Crippen LogP contribution in [0.5, 0.6) is 5.75 Å². The van der Waals surface area contributed by atoms with E-state index in [0.717, 1.165) is 21.8 Å². The van der Waals surface area contributed by atoms with Crippen molar-refractivity contribution in [1.82, 2.24) is 9.55 Å². The molecule has 0 N–H and O–H groups in total. The molecule has 1 aromatic carbocycles. The first kappa shape index (κ1) is 15.0. The second kappa shape index (κ2) is 6.17. The first-order valence-electron chi connectivity index (χ1n) is 6.77. The van der Waals surface area contributed by atoms with Crippen molar-refractivity contribution in [2.24, 2.45) is 0 Å². The first-order valence-corrected chi connectivity index (χ1v) is 9.28. The van der Waals surface area contributed by atoms with Crippen LogP contribution in [0, 0.1) is 0 Å². The minimum absolute atomic E-state index is 0.510. The maximum Gasteiger partial charge on any atom is 0.132 e. The number of rotatable bonds is 4. The van der Waals surface area contributed by atoms with Crippen molar-refractivity contribution in [1.29, 1.82) is 0 Å². The van der Waals surface area contributed by atoms with Crippen LogP contribution >= 0.6 is 45.9 Å². The molecule has 3 heterocycles. The van der Waals surface area contributed by atoms with Crippen molar-refractivity contribution in [2.75, 3.05) is 0 Å². The number of fused-ring (bicyclic) bond motifs is 1. The zero-order valence-electron chi connectivity index (χ0n) is 11.7. The second-order valence-corrected chi connectivity index (χ2v) is 7.59. The summed E-state index contributed by atoms with van der Waals surface area (Å²) < 4.78 is 7.81. The molecule has 4 aromatic rings. The average molecular weight is 381 g/mol. The predicted octanol–water partition coefficient (Wildman–Crippen LogP) is 6.03. The summed E-state index contributed by atoms with van der Waals surface area (Å²) in [6, 6.07) is 9.69. The lowest BCUT2D eigenvalue weighted by molar-refractivity contribution is 0.311. The Morgan fingerprint density at radius 3 is 2.83 bits per heavy atom. The van der Waals surface area contributed by atoms with Crippen molar-refractivity contribution >= 4 is 56.9 Å². The van der Waals surface area contributed by atoms with E-state index < -0.39 is 0 Å². The molecule has 0 saturated heterocycles. The number of ether oxygens (including phenoxy) is 1. The Balaban J connectivity index is 1.62. The molecule has 0 spiro atoms. The van der Waals surface area contributed by atoms with Crippen LogP contribution in [0.1, 0.15) is 4.88 Å². The molecule has 0 aliphatic carbocycles. The molecule has 0 saturated carbocycles. The van der Waals surface area contributed by atoms with Gasteiger partial charge in [-0.15, -0.1) is 22.7 Å². The van der Waals surface area contributed by atoms with Gasteiger partial charge in [0.05, 0.1) is 21.1 Å². The summed E-state index contributed by atoms with van der Waals surface area (Å²) in [7, 11) is 0. The summed E-state index contributed by atoms with van der Waals surface area (Å²) >= 11 is 15.4. The van der Waals surface area contributed by atoms with Gasteiger partial charge in [0, 0.05) is 16.3 Å². The third-order valence-corrected chi connectivity index (χ3v) is 5.83. The fourth-order valence-corrected chi connectivity index (χ4v) is 3.99. The van der Waals surface area contributed by atoms with Crippen LogP contribution < -0.4 is 4.74 Å². The van der Waals surface area contributed by atoms with Gasteiger partial charge in [-0.1, -0.05) is 29.3 Å². The van der Waals surface area contributed by atoms with Crippen molar-refractivity contribution in [3.05, 3.63) is 62.3 Å². The van der Waals surface area contributed by atoms with E-state index in [9.17, 15) is 0 Å². The normalized spacial score (nSPS) is 11.2. The van der Waals surface area contributed by atoms with Crippen molar-refractivity contribution in [3.63, 3.8) is 0 Å². The Bertz CT molecular complexity index is 960. The Labute approximate surface area is 150 Å². The summed E-state index contributed by atoms with van der Waals surface area (Å²) in [5.74, 6) is 0.848. The van der Waals surface area contributed by atoms with Gasteiger partial charge in [-0.05, 0) is 23.6 Å². The zero-order valence-corrected chi connectivity index (χ0v) is 14.8. The fraction of sp³-hybridized carbons (Fsp3) is 0.0625. The highest BCUT2D eigenvalue weighted by Crippen LogP contribution is 2.32. The molecule has 116 valence electrons. The Morgan fingerprint density at radius 1 is 1.13 bits per heavy atom. The summed E-state index contributed by atoms with van der Waals surface area (Å²) in [5, 5.41) is 6.09. The van der Waals surface area contributed by atoms with Gasteiger partial charge >= 0.3 is 0 Å². The fourth-order valence-electron chi connectivity index (χ4n) is 2.24. The summed E-state index contributed by atoms with van der Waals surface area (Å²) in [6.45, 7) is 0.583. The quantitative estimate of drug-likeness (QED) is 0.431. The maximum atomic E-state index is 6.12. The number of imidazole rings is 1. The number of benzene rings is 1. The van der Waals surface area contributed by atoms with Gasteiger partial charge in [0.25, 0.3) is 0 Å². The highest BCUT2D eigenvalue weighted by molar-refractivity contribution is 7.12. The van der Waals surface area contributed by atoms with Crippen molar-refractivity contribution < 1.29 is 4.74 Å². The van der Waals surface area contributed by atoms with Gasteiger partial charge in [0.2, 0.25) is 0 Å². The molecular weight excluding hydrogens is 371 g/mol.